The normalized spacial score (nSPS) is 10.6. The highest BCUT2D eigenvalue weighted by Gasteiger charge is 2.13. The minimum atomic E-state index is 0.318. The zero-order chi connectivity index (χ0) is 14.7. The van der Waals surface area contributed by atoms with Gasteiger partial charge in [-0.05, 0) is 32.4 Å². The lowest BCUT2D eigenvalue weighted by molar-refractivity contribution is 0.309. The largest absolute Gasteiger partial charge is 0.477 e. The van der Waals surface area contributed by atoms with E-state index in [2.05, 4.69) is 9.97 Å². The monoisotopic (exact) mass is 307 g/mol. The van der Waals surface area contributed by atoms with Crippen LogP contribution in [0.4, 0.5) is 0 Å². The van der Waals surface area contributed by atoms with Crippen molar-refractivity contribution in [3.63, 3.8) is 0 Å². The van der Waals surface area contributed by atoms with Gasteiger partial charge in [-0.15, -0.1) is 11.3 Å². The molecule has 0 atom stereocenters. The number of thiocarbonyl (C=S) groups is 1. The molecule has 0 aliphatic rings. The van der Waals surface area contributed by atoms with Crippen LogP contribution in [0.1, 0.15) is 27.4 Å². The summed E-state index contributed by atoms with van der Waals surface area (Å²) in [5.41, 5.74) is 11.3. The molecule has 0 radical (unpaired) electrons. The molecule has 2 heterocycles. The predicted octanol–water partition coefficient (Wildman–Crippen LogP) is 2.72. The first-order chi connectivity index (χ1) is 9.49. The Kier molecular flexibility index (Phi) is 4.67. The van der Waals surface area contributed by atoms with Gasteiger partial charge in [0, 0.05) is 17.0 Å². The molecule has 0 saturated carbocycles. The number of thiazole rings is 1. The van der Waals surface area contributed by atoms with E-state index in [-0.39, 0.29) is 0 Å². The van der Waals surface area contributed by atoms with Gasteiger partial charge >= 0.3 is 0 Å². The van der Waals surface area contributed by atoms with Gasteiger partial charge in [-0.1, -0.05) is 12.2 Å². The summed E-state index contributed by atoms with van der Waals surface area (Å²) < 4.78 is 5.79. The van der Waals surface area contributed by atoms with E-state index in [0.717, 1.165) is 28.9 Å². The summed E-state index contributed by atoms with van der Waals surface area (Å²) in [7, 11) is 0. The Labute approximate surface area is 128 Å². The SMILES string of the molecule is Cc1cc(C)c(C(N)=S)c(OCCc2scnc2C)n1. The number of ether oxygens (including phenoxy) is 1. The maximum absolute atomic E-state index is 5.79. The number of aryl methyl sites for hydroxylation is 3. The molecule has 0 aromatic carbocycles. The van der Waals surface area contributed by atoms with Crippen molar-refractivity contribution < 1.29 is 4.74 Å². The van der Waals surface area contributed by atoms with Gasteiger partial charge in [-0.3, -0.25) is 0 Å². The molecule has 0 bridgehead atoms. The fourth-order valence-corrected chi connectivity index (χ4v) is 3.02. The summed E-state index contributed by atoms with van der Waals surface area (Å²) in [6.45, 7) is 6.43. The second kappa shape index (κ2) is 6.28. The van der Waals surface area contributed by atoms with Gasteiger partial charge in [0.1, 0.15) is 4.99 Å². The van der Waals surface area contributed by atoms with E-state index in [9.17, 15) is 0 Å². The molecule has 0 aliphatic carbocycles. The van der Waals surface area contributed by atoms with Gasteiger partial charge in [0.2, 0.25) is 5.88 Å². The number of aromatic nitrogens is 2. The van der Waals surface area contributed by atoms with Crippen LogP contribution in [0.3, 0.4) is 0 Å². The van der Waals surface area contributed by atoms with Crippen molar-refractivity contribution in [3.8, 4) is 5.88 Å². The topological polar surface area (TPSA) is 61.0 Å². The minimum absolute atomic E-state index is 0.318. The van der Waals surface area contributed by atoms with E-state index in [1.807, 2.05) is 32.3 Å². The van der Waals surface area contributed by atoms with Gasteiger partial charge in [0.15, 0.2) is 0 Å². The average molecular weight is 307 g/mol. The molecule has 0 saturated heterocycles. The molecular weight excluding hydrogens is 290 g/mol. The Morgan fingerprint density at radius 1 is 1.40 bits per heavy atom. The molecule has 0 fully saturated rings. The lowest BCUT2D eigenvalue weighted by atomic mass is 10.1. The molecular formula is C14H17N3OS2. The van der Waals surface area contributed by atoms with Crippen molar-refractivity contribution in [2.24, 2.45) is 5.73 Å². The van der Waals surface area contributed by atoms with E-state index in [1.165, 1.54) is 4.88 Å². The molecule has 0 amide bonds. The summed E-state index contributed by atoms with van der Waals surface area (Å²) in [4.78, 5) is 10.2. The highest BCUT2D eigenvalue weighted by molar-refractivity contribution is 7.80. The maximum Gasteiger partial charge on any atom is 0.224 e. The van der Waals surface area contributed by atoms with Crippen LogP contribution in [-0.4, -0.2) is 21.6 Å². The Hall–Kier alpha value is -1.53. The number of rotatable bonds is 5. The summed E-state index contributed by atoms with van der Waals surface area (Å²) >= 11 is 6.72. The van der Waals surface area contributed by atoms with Crippen molar-refractivity contribution in [2.75, 3.05) is 6.61 Å². The molecule has 20 heavy (non-hydrogen) atoms. The number of hydrogen-bond donors (Lipinski definition) is 1. The minimum Gasteiger partial charge on any atom is -0.477 e. The van der Waals surface area contributed by atoms with Crippen LogP contribution < -0.4 is 10.5 Å². The highest BCUT2D eigenvalue weighted by Crippen LogP contribution is 2.21. The number of nitrogens with zero attached hydrogens (tertiary/aromatic N) is 2. The first-order valence-electron chi connectivity index (χ1n) is 6.29. The van der Waals surface area contributed by atoms with Gasteiger partial charge < -0.3 is 10.5 Å². The van der Waals surface area contributed by atoms with Crippen molar-refractivity contribution >= 4 is 28.5 Å². The third-order valence-electron chi connectivity index (χ3n) is 2.97. The summed E-state index contributed by atoms with van der Waals surface area (Å²) in [6.07, 6.45) is 0.807. The third kappa shape index (κ3) is 3.32. The molecule has 2 aromatic rings. The summed E-state index contributed by atoms with van der Waals surface area (Å²) in [6, 6.07) is 1.95. The maximum atomic E-state index is 5.79. The van der Waals surface area contributed by atoms with Crippen molar-refractivity contribution in [1.82, 2.24) is 9.97 Å². The van der Waals surface area contributed by atoms with Crippen LogP contribution >= 0.6 is 23.6 Å². The number of nitrogens with two attached hydrogens (primary N) is 1. The first kappa shape index (κ1) is 14.9. The van der Waals surface area contributed by atoms with Crippen LogP contribution in [0.25, 0.3) is 0 Å². The van der Waals surface area contributed by atoms with Crippen LogP contribution in [0.2, 0.25) is 0 Å². The van der Waals surface area contributed by atoms with E-state index < -0.39 is 0 Å². The second-order valence-corrected chi connectivity index (χ2v) is 5.96. The van der Waals surface area contributed by atoms with E-state index in [4.69, 9.17) is 22.7 Å². The third-order valence-corrected chi connectivity index (χ3v) is 4.17. The van der Waals surface area contributed by atoms with E-state index in [1.54, 1.807) is 11.3 Å². The first-order valence-corrected chi connectivity index (χ1v) is 7.57. The number of pyridine rings is 1. The Morgan fingerprint density at radius 2 is 2.15 bits per heavy atom. The van der Waals surface area contributed by atoms with Gasteiger partial charge in [0.05, 0.1) is 23.4 Å². The zero-order valence-electron chi connectivity index (χ0n) is 11.8. The van der Waals surface area contributed by atoms with Crippen molar-refractivity contribution in [2.45, 2.75) is 27.2 Å². The fraction of sp³-hybridized carbons (Fsp3) is 0.357. The zero-order valence-corrected chi connectivity index (χ0v) is 13.4. The van der Waals surface area contributed by atoms with Gasteiger partial charge in [-0.2, -0.15) is 0 Å². The quantitative estimate of drug-likeness (QED) is 0.861. The molecule has 0 aliphatic heterocycles. The summed E-state index contributed by atoms with van der Waals surface area (Å²) in [5, 5.41) is 0. The molecule has 4 nitrogen and oxygen atoms in total. The van der Waals surface area contributed by atoms with Crippen LogP contribution in [0.5, 0.6) is 5.88 Å². The molecule has 2 N–H and O–H groups in total. The average Bonchev–Trinajstić information content (AvgIpc) is 2.73. The lowest BCUT2D eigenvalue weighted by Crippen LogP contribution is -2.16. The van der Waals surface area contributed by atoms with Crippen LogP contribution in [0.15, 0.2) is 11.6 Å². The molecule has 0 spiro atoms. The van der Waals surface area contributed by atoms with Crippen molar-refractivity contribution in [1.29, 1.82) is 0 Å². The fourth-order valence-electron chi connectivity index (χ4n) is 2.01. The molecule has 2 aromatic heterocycles. The second-order valence-electron chi connectivity index (χ2n) is 4.58. The van der Waals surface area contributed by atoms with Gasteiger partial charge in [-0.25, -0.2) is 9.97 Å². The van der Waals surface area contributed by atoms with Crippen LogP contribution in [-0.2, 0) is 6.42 Å². The predicted molar refractivity (Wildman–Crippen MR) is 85.6 cm³/mol. The van der Waals surface area contributed by atoms with E-state index >= 15 is 0 Å². The smallest absolute Gasteiger partial charge is 0.224 e. The highest BCUT2D eigenvalue weighted by atomic mass is 32.1. The van der Waals surface area contributed by atoms with Crippen LogP contribution in [0, 0.1) is 20.8 Å². The molecule has 2 rings (SSSR count). The molecule has 0 unspecified atom stereocenters. The number of hydrogen-bond acceptors (Lipinski definition) is 5. The van der Waals surface area contributed by atoms with E-state index in [0.29, 0.717) is 17.5 Å². The Balaban J connectivity index is 2.13. The molecule has 6 heteroatoms. The lowest BCUT2D eigenvalue weighted by Gasteiger charge is -2.12. The Morgan fingerprint density at radius 3 is 2.75 bits per heavy atom. The molecule has 106 valence electrons. The summed E-state index contributed by atoms with van der Waals surface area (Å²) in [5.74, 6) is 0.525. The Bertz CT molecular complexity index is 637. The standard InChI is InChI=1S/C14H17N3OS2/c1-8-6-9(2)17-14(12(8)13(15)19)18-5-4-11-10(3)16-7-20-11/h6-7H,4-5H2,1-3H3,(H2,15,19). The van der Waals surface area contributed by atoms with Crippen molar-refractivity contribution in [3.05, 3.63) is 39.0 Å². The van der Waals surface area contributed by atoms with Gasteiger partial charge in [0.25, 0.3) is 0 Å².